The highest BCUT2D eigenvalue weighted by molar-refractivity contribution is 7.14. The predicted octanol–water partition coefficient (Wildman–Crippen LogP) is 8.48. The number of oxazole rings is 1. The van der Waals surface area contributed by atoms with Crippen molar-refractivity contribution < 1.29 is 33.8 Å². The van der Waals surface area contributed by atoms with Gasteiger partial charge in [0.05, 0.1) is 28.8 Å². The summed E-state index contributed by atoms with van der Waals surface area (Å²) < 4.78 is 13.7. The SMILES string of the molecule is CC(C)c1cnc(C(=O)N[C@H]2CCN(c3nccn4cccc34)C2)nc1.Cc1ccccc1-c1nc(C(=O)N[C@H]2CCN(c3nccn4cccc34)C2)co1.O=C(N[C@H]1CCN(c2nccn3cccc23)C1)c1csc(N2CCC(O)CC2)n1.O=C(N[C@H]1CCN(c2nccn3ccnc23)C1)c1csc(N2CCC(O)CC2)n1. The maximum absolute atomic E-state index is 12.7. The number of hydrogen-bond donors (Lipinski definition) is 6. The minimum atomic E-state index is -0.221. The number of imidazole rings is 1. The third-order valence-corrected chi connectivity index (χ3v) is 23.3. The third-order valence-electron chi connectivity index (χ3n) is 21.5. The molecule has 6 N–H and O–H groups in total. The minimum absolute atomic E-state index is 0.0399. The van der Waals surface area contributed by atoms with Gasteiger partial charge in [0.15, 0.2) is 44.9 Å². The fraction of sp³-hybridized carbons (Fsp3) is 0.375. The van der Waals surface area contributed by atoms with Crippen molar-refractivity contribution in [2.45, 2.75) is 114 Å². The van der Waals surface area contributed by atoms with Gasteiger partial charge in [0.1, 0.15) is 17.7 Å². The van der Waals surface area contributed by atoms with E-state index in [4.69, 9.17) is 4.42 Å². The van der Waals surface area contributed by atoms with Gasteiger partial charge in [-0.25, -0.2) is 49.8 Å². The zero-order chi connectivity index (χ0) is 77.5. The Morgan fingerprint density at radius 3 is 1.27 bits per heavy atom. The van der Waals surface area contributed by atoms with Crippen molar-refractivity contribution in [3.8, 4) is 11.5 Å². The molecule has 0 spiro atoms. The third kappa shape index (κ3) is 17.3. The first kappa shape index (κ1) is 75.1. The van der Waals surface area contributed by atoms with Crippen LogP contribution in [0, 0.1) is 6.92 Å². The van der Waals surface area contributed by atoms with Crippen molar-refractivity contribution in [3.05, 3.63) is 205 Å². The highest BCUT2D eigenvalue weighted by atomic mass is 32.1. The molecule has 0 unspecified atom stereocenters. The lowest BCUT2D eigenvalue weighted by Gasteiger charge is -2.29. The Kier molecular flexibility index (Phi) is 22.6. The summed E-state index contributed by atoms with van der Waals surface area (Å²) in [6.07, 6.45) is 35.5. The van der Waals surface area contributed by atoms with Gasteiger partial charge in [0.25, 0.3) is 23.6 Å². The Hall–Kier alpha value is -11.9. The van der Waals surface area contributed by atoms with E-state index in [1.165, 1.54) is 28.9 Å². The molecule has 33 heteroatoms. The average Bonchev–Trinajstić information content (AvgIpc) is 1.68. The smallest absolute Gasteiger partial charge is 0.289 e. The number of aryl methyl sites for hydroxylation is 1. The van der Waals surface area contributed by atoms with Gasteiger partial charge in [-0.05, 0) is 118 Å². The zero-order valence-electron chi connectivity index (χ0n) is 63.0. The van der Waals surface area contributed by atoms with Crippen LogP contribution < -0.4 is 50.7 Å². The lowest BCUT2D eigenvalue weighted by Crippen LogP contribution is -2.38. The number of aromatic nitrogens is 14. The van der Waals surface area contributed by atoms with E-state index in [1.54, 1.807) is 37.2 Å². The van der Waals surface area contributed by atoms with Crippen LogP contribution in [-0.4, -0.2) is 216 Å². The molecular formula is C80H90N24O7S2. The number of hydrogen-bond acceptors (Lipinski definition) is 25. The topological polar surface area (TPSA) is 336 Å². The summed E-state index contributed by atoms with van der Waals surface area (Å²) in [6.45, 7) is 15.5. The van der Waals surface area contributed by atoms with Crippen molar-refractivity contribution in [2.24, 2.45) is 0 Å². The molecule has 0 bridgehead atoms. The van der Waals surface area contributed by atoms with Crippen LogP contribution in [0.15, 0.2) is 175 Å². The first-order valence-corrected chi connectivity index (χ1v) is 40.3. The van der Waals surface area contributed by atoms with E-state index in [9.17, 15) is 29.4 Å². The van der Waals surface area contributed by atoms with E-state index in [-0.39, 0.29) is 65.8 Å². The first-order chi connectivity index (χ1) is 55.1. The predicted molar refractivity (Wildman–Crippen MR) is 433 cm³/mol. The van der Waals surface area contributed by atoms with Gasteiger partial charge in [0, 0.05) is 212 Å². The highest BCUT2D eigenvalue weighted by Gasteiger charge is 2.33. The molecular weight excluding hydrogens is 1470 g/mol. The first-order valence-electron chi connectivity index (χ1n) is 38.5. The van der Waals surface area contributed by atoms with Crippen molar-refractivity contribution in [1.29, 1.82) is 0 Å². The monoisotopic (exact) mass is 1560 g/mol. The van der Waals surface area contributed by atoms with E-state index in [2.05, 4.69) is 146 Å². The van der Waals surface area contributed by atoms with Crippen LogP contribution in [0.2, 0.25) is 0 Å². The van der Waals surface area contributed by atoms with Gasteiger partial charge >= 0.3 is 0 Å². The summed E-state index contributed by atoms with van der Waals surface area (Å²) in [5, 5.41) is 37.0. The molecule has 1 aromatic carbocycles. The summed E-state index contributed by atoms with van der Waals surface area (Å²) >= 11 is 2.98. The summed E-state index contributed by atoms with van der Waals surface area (Å²) in [5.74, 6) is 4.04. The van der Waals surface area contributed by atoms with Gasteiger partial charge in [-0.3, -0.25) is 19.2 Å². The molecule has 6 aliphatic rings. The summed E-state index contributed by atoms with van der Waals surface area (Å²) in [5.41, 5.74) is 8.26. The molecule has 4 atom stereocenters. The number of nitrogens with zero attached hydrogens (tertiary/aromatic N) is 20. The average molecular weight is 1560 g/mol. The fourth-order valence-electron chi connectivity index (χ4n) is 15.2. The van der Waals surface area contributed by atoms with Crippen molar-refractivity contribution in [2.75, 3.05) is 108 Å². The number of aliphatic hydroxyl groups is 2. The second kappa shape index (κ2) is 34.0. The second-order valence-corrected chi connectivity index (χ2v) is 31.2. The minimum Gasteiger partial charge on any atom is -0.444 e. The number of aliphatic hydroxyl groups excluding tert-OH is 2. The number of thiazole rings is 2. The Bertz CT molecular complexity index is 5280. The number of carbonyl (C=O) groups excluding carboxylic acids is 4. The number of rotatable bonds is 16. The lowest BCUT2D eigenvalue weighted by atomic mass is 10.1. The van der Waals surface area contributed by atoms with Crippen molar-refractivity contribution >= 4 is 102 Å². The quantitative estimate of drug-likeness (QED) is 0.0528. The number of amides is 4. The molecule has 0 radical (unpaired) electrons. The van der Waals surface area contributed by atoms with Gasteiger partial charge in [-0.15, -0.1) is 22.7 Å². The highest BCUT2D eigenvalue weighted by Crippen LogP contribution is 2.32. The number of benzene rings is 1. The van der Waals surface area contributed by atoms with Crippen LogP contribution in [-0.2, 0) is 0 Å². The van der Waals surface area contributed by atoms with Gasteiger partial charge in [-0.2, -0.15) is 0 Å². The number of carbonyl (C=O) groups is 4. The molecule has 13 aromatic rings. The maximum atomic E-state index is 12.7. The van der Waals surface area contributed by atoms with Crippen LogP contribution >= 0.6 is 22.7 Å². The largest absolute Gasteiger partial charge is 0.444 e. The Morgan fingerprint density at radius 1 is 0.434 bits per heavy atom. The molecule has 6 fully saturated rings. The maximum Gasteiger partial charge on any atom is 0.289 e. The number of nitrogens with one attached hydrogen (secondary N) is 4. The molecule has 4 amide bonds. The Labute approximate surface area is 659 Å². The number of fused-ring (bicyclic) bond motifs is 4. The van der Waals surface area contributed by atoms with E-state index in [0.717, 1.165) is 189 Å². The lowest BCUT2D eigenvalue weighted by molar-refractivity contribution is 0.0922. The summed E-state index contributed by atoms with van der Waals surface area (Å²) in [7, 11) is 0. The van der Waals surface area contributed by atoms with Gasteiger partial charge in [-0.1, -0.05) is 32.0 Å². The van der Waals surface area contributed by atoms with E-state index >= 15 is 0 Å². The van der Waals surface area contributed by atoms with Gasteiger partial charge < -0.3 is 82.9 Å². The molecule has 0 saturated carbocycles. The normalized spacial score (nSPS) is 18.7. The standard InChI is InChI=1S/C22H21N5O2.C20H24N6O2S.C19H23N7O2S.C19H22N6O/c1-15-5-2-3-6-17(15)22-25-18(14-29-22)21(28)24-16-8-11-27(13-16)20-19-7-4-10-26(19)12-9-23-20;27-15-4-9-25(10-5-15)20-23-16(13-29-20)19(28)22-14-3-8-26(12-14)18-17-2-1-7-24(17)11-6-21-18;27-14-2-7-25(8-3-14)19-23-15(12-29-19)18(28)22-13-1-6-26(11-13)17-16-20-4-9-24(16)10-5-21-17;1-13(2)14-10-21-17(22-11-14)19(26)23-15-5-8-25(12-15)18-16-4-3-7-24(16)9-6-20-18/h2-7,9-10,12,14,16H,8,11,13H2,1H3,(H,24,28);1-2,6-7,11,13-15,27H,3-5,8-10,12H2,(H,22,28);4-5,9-10,12-14,27H,1-3,6-8,11H2,(H,22,28);3-4,6-7,9-11,13,15H,5,8,12H2,1-2H3,(H,23,26)/t16-;14-;13-;15-/m0000/s1. The fourth-order valence-corrected chi connectivity index (χ4v) is 16.9. The van der Waals surface area contributed by atoms with E-state index in [0.29, 0.717) is 42.0 Å². The summed E-state index contributed by atoms with van der Waals surface area (Å²) in [6, 6.07) is 20.2. The molecule has 31 nitrogen and oxygen atoms in total. The number of piperidine rings is 2. The molecule has 19 rings (SSSR count). The van der Waals surface area contributed by atoms with Crippen LogP contribution in [0.5, 0.6) is 0 Å². The van der Waals surface area contributed by atoms with E-state index < -0.39 is 0 Å². The second-order valence-electron chi connectivity index (χ2n) is 29.5. The van der Waals surface area contributed by atoms with Gasteiger partial charge in [0.2, 0.25) is 11.7 Å². The molecule has 6 aliphatic heterocycles. The zero-order valence-corrected chi connectivity index (χ0v) is 64.7. The van der Waals surface area contributed by atoms with Crippen LogP contribution in [0.4, 0.5) is 33.5 Å². The molecule has 12 aromatic heterocycles. The van der Waals surface area contributed by atoms with Crippen LogP contribution in [0.3, 0.4) is 0 Å². The van der Waals surface area contributed by atoms with Crippen LogP contribution in [0.25, 0.3) is 33.7 Å². The Balaban J connectivity index is 0.000000114. The molecule has 0 aliphatic carbocycles. The number of anilines is 6. The molecule has 113 heavy (non-hydrogen) atoms. The molecule has 18 heterocycles. The van der Waals surface area contributed by atoms with Crippen LogP contribution in [0.1, 0.15) is 124 Å². The molecule has 6 saturated heterocycles. The van der Waals surface area contributed by atoms with Crippen molar-refractivity contribution in [1.82, 2.24) is 88.7 Å². The van der Waals surface area contributed by atoms with Crippen molar-refractivity contribution in [3.63, 3.8) is 0 Å². The van der Waals surface area contributed by atoms with E-state index in [1.807, 2.05) is 120 Å². The summed E-state index contributed by atoms with van der Waals surface area (Å²) in [4.78, 5) is 108. The molecule has 584 valence electrons. The Morgan fingerprint density at radius 2 is 0.823 bits per heavy atom.